The van der Waals surface area contributed by atoms with Gasteiger partial charge in [0.1, 0.15) is 11.9 Å². The molecule has 5 nitrogen and oxygen atoms in total. The average molecular weight is 357 g/mol. The van der Waals surface area contributed by atoms with Gasteiger partial charge in [-0.1, -0.05) is 20.8 Å². The van der Waals surface area contributed by atoms with Crippen molar-refractivity contribution >= 4 is 28.9 Å². The largest absolute Gasteiger partial charge is 0.374 e. The van der Waals surface area contributed by atoms with Gasteiger partial charge in [0.25, 0.3) is 0 Å². The van der Waals surface area contributed by atoms with Crippen LogP contribution in [0, 0.1) is 11.7 Å². The number of halogens is 1. The van der Waals surface area contributed by atoms with Gasteiger partial charge in [-0.3, -0.25) is 9.59 Å². The molecular weight excluding hydrogens is 333 g/mol. The Morgan fingerprint density at radius 2 is 1.31 bits per heavy atom. The number of rotatable bonds is 7. The van der Waals surface area contributed by atoms with Crippen LogP contribution in [0.5, 0.6) is 0 Å². The fourth-order valence-electron chi connectivity index (χ4n) is 2.25. The Labute approximate surface area is 153 Å². The molecule has 0 heterocycles. The Balaban J connectivity index is 1.97. The van der Waals surface area contributed by atoms with Crippen molar-refractivity contribution in [3.63, 3.8) is 0 Å². The van der Waals surface area contributed by atoms with Crippen molar-refractivity contribution in [3.8, 4) is 0 Å². The zero-order valence-corrected chi connectivity index (χ0v) is 15.2. The zero-order chi connectivity index (χ0) is 19.1. The topological polar surface area (TPSA) is 70.2 Å². The van der Waals surface area contributed by atoms with Gasteiger partial charge < -0.3 is 16.0 Å². The lowest BCUT2D eigenvalue weighted by Crippen LogP contribution is -2.34. The van der Waals surface area contributed by atoms with E-state index in [-0.39, 0.29) is 23.5 Å². The minimum Gasteiger partial charge on any atom is -0.374 e. The summed E-state index contributed by atoms with van der Waals surface area (Å²) in [5.41, 5.74) is 2.02. The maximum atomic E-state index is 12.9. The van der Waals surface area contributed by atoms with Crippen molar-refractivity contribution in [2.75, 3.05) is 16.0 Å². The van der Waals surface area contributed by atoms with Crippen molar-refractivity contribution < 1.29 is 14.0 Å². The summed E-state index contributed by atoms with van der Waals surface area (Å²) in [7, 11) is 0. The Morgan fingerprint density at radius 3 is 1.81 bits per heavy atom. The Kier molecular flexibility index (Phi) is 6.72. The highest BCUT2D eigenvalue weighted by Gasteiger charge is 2.16. The van der Waals surface area contributed by atoms with Crippen molar-refractivity contribution in [1.82, 2.24) is 0 Å². The van der Waals surface area contributed by atoms with E-state index < -0.39 is 6.04 Å². The van der Waals surface area contributed by atoms with Crippen molar-refractivity contribution in [3.05, 3.63) is 54.3 Å². The summed E-state index contributed by atoms with van der Waals surface area (Å²) in [4.78, 5) is 24.1. The molecule has 0 aliphatic rings. The summed E-state index contributed by atoms with van der Waals surface area (Å²) in [5.74, 6) is -0.683. The zero-order valence-electron chi connectivity index (χ0n) is 15.2. The molecular formula is C20H24FN3O2. The molecule has 1 unspecified atom stereocenters. The normalized spacial score (nSPS) is 11.7. The second-order valence-corrected chi connectivity index (χ2v) is 6.32. The second kappa shape index (κ2) is 8.99. The van der Waals surface area contributed by atoms with Crippen LogP contribution in [-0.2, 0) is 9.59 Å². The fraction of sp³-hybridized carbons (Fsp3) is 0.300. The smallest absolute Gasteiger partial charge is 0.246 e. The lowest BCUT2D eigenvalue weighted by Gasteiger charge is -2.18. The molecule has 0 saturated heterocycles. The first-order chi connectivity index (χ1) is 12.4. The molecule has 0 aliphatic carbocycles. The molecule has 2 rings (SSSR count). The van der Waals surface area contributed by atoms with Gasteiger partial charge in [-0.05, 0) is 55.0 Å². The van der Waals surface area contributed by atoms with Gasteiger partial charge in [0, 0.05) is 23.0 Å². The molecule has 2 aromatic carbocycles. The van der Waals surface area contributed by atoms with E-state index in [9.17, 15) is 14.0 Å². The van der Waals surface area contributed by atoms with E-state index in [4.69, 9.17) is 0 Å². The average Bonchev–Trinajstić information content (AvgIpc) is 2.62. The SMILES string of the molecule is CCC(Nc1ccc(NC(=O)C(C)C)cc1)C(=O)Nc1ccc(F)cc1. The molecule has 1 atom stereocenters. The summed E-state index contributed by atoms with van der Waals surface area (Å²) in [5, 5.41) is 8.75. The molecule has 0 aliphatic heterocycles. The highest BCUT2D eigenvalue weighted by Crippen LogP contribution is 2.17. The van der Waals surface area contributed by atoms with E-state index in [1.807, 2.05) is 32.9 Å². The quantitative estimate of drug-likeness (QED) is 0.694. The molecule has 3 N–H and O–H groups in total. The molecule has 138 valence electrons. The second-order valence-electron chi connectivity index (χ2n) is 6.32. The minimum absolute atomic E-state index is 0.0455. The Morgan fingerprint density at radius 1 is 0.846 bits per heavy atom. The van der Waals surface area contributed by atoms with E-state index in [0.717, 1.165) is 5.69 Å². The van der Waals surface area contributed by atoms with Crippen LogP contribution < -0.4 is 16.0 Å². The molecule has 26 heavy (non-hydrogen) atoms. The van der Waals surface area contributed by atoms with Gasteiger partial charge in [0.15, 0.2) is 0 Å². The van der Waals surface area contributed by atoms with E-state index in [1.165, 1.54) is 24.3 Å². The molecule has 6 heteroatoms. The molecule has 0 spiro atoms. The number of hydrogen-bond donors (Lipinski definition) is 3. The highest BCUT2D eigenvalue weighted by atomic mass is 19.1. The molecule has 0 bridgehead atoms. The first kappa shape index (κ1) is 19.4. The summed E-state index contributed by atoms with van der Waals surface area (Å²) in [6.45, 7) is 5.56. The highest BCUT2D eigenvalue weighted by molar-refractivity contribution is 5.96. The van der Waals surface area contributed by atoms with Gasteiger partial charge in [-0.25, -0.2) is 4.39 Å². The van der Waals surface area contributed by atoms with Gasteiger partial charge in [-0.2, -0.15) is 0 Å². The number of carbonyl (C=O) groups is 2. The molecule has 2 amide bonds. The fourth-order valence-corrected chi connectivity index (χ4v) is 2.25. The maximum Gasteiger partial charge on any atom is 0.246 e. The van der Waals surface area contributed by atoms with E-state index in [2.05, 4.69) is 16.0 Å². The predicted molar refractivity (Wildman–Crippen MR) is 103 cm³/mol. The number of benzene rings is 2. The standard InChI is InChI=1S/C20H24FN3O2/c1-4-18(20(26)24-16-7-5-14(21)6-8-16)22-15-9-11-17(12-10-15)23-19(25)13(2)3/h5-13,18,22H,4H2,1-3H3,(H,23,25)(H,24,26). The van der Waals surface area contributed by atoms with Gasteiger partial charge in [0.05, 0.1) is 0 Å². The van der Waals surface area contributed by atoms with Crippen LogP contribution >= 0.6 is 0 Å². The first-order valence-electron chi connectivity index (χ1n) is 8.63. The lowest BCUT2D eigenvalue weighted by molar-refractivity contribution is -0.119. The van der Waals surface area contributed by atoms with Crippen LogP contribution in [0.1, 0.15) is 27.2 Å². The lowest BCUT2D eigenvalue weighted by atomic mass is 10.1. The van der Waals surface area contributed by atoms with Crippen molar-refractivity contribution in [1.29, 1.82) is 0 Å². The van der Waals surface area contributed by atoms with E-state index in [1.54, 1.807) is 12.1 Å². The number of nitrogens with one attached hydrogen (secondary N) is 3. The van der Waals surface area contributed by atoms with Crippen LogP contribution in [0.25, 0.3) is 0 Å². The summed E-state index contributed by atoms with van der Waals surface area (Å²) in [6.07, 6.45) is 0.582. The number of carbonyl (C=O) groups excluding carboxylic acids is 2. The van der Waals surface area contributed by atoms with Gasteiger partial charge in [-0.15, -0.1) is 0 Å². The van der Waals surface area contributed by atoms with Crippen LogP contribution in [0.4, 0.5) is 21.5 Å². The molecule has 0 radical (unpaired) electrons. The summed E-state index contributed by atoms with van der Waals surface area (Å²) in [6, 6.07) is 12.4. The summed E-state index contributed by atoms with van der Waals surface area (Å²) >= 11 is 0. The molecule has 0 saturated carbocycles. The van der Waals surface area contributed by atoms with Crippen LogP contribution in [-0.4, -0.2) is 17.9 Å². The summed E-state index contributed by atoms with van der Waals surface area (Å²) < 4.78 is 12.9. The Bertz CT molecular complexity index is 743. The van der Waals surface area contributed by atoms with E-state index >= 15 is 0 Å². The third-order valence-electron chi connectivity index (χ3n) is 3.85. The van der Waals surface area contributed by atoms with Gasteiger partial charge in [0.2, 0.25) is 11.8 Å². The van der Waals surface area contributed by atoms with Crippen molar-refractivity contribution in [2.24, 2.45) is 5.92 Å². The predicted octanol–water partition coefficient (Wildman–Crippen LogP) is 4.25. The maximum absolute atomic E-state index is 12.9. The molecule has 2 aromatic rings. The van der Waals surface area contributed by atoms with Gasteiger partial charge >= 0.3 is 0 Å². The van der Waals surface area contributed by atoms with Crippen LogP contribution in [0.3, 0.4) is 0 Å². The van der Waals surface area contributed by atoms with E-state index in [0.29, 0.717) is 17.8 Å². The number of amides is 2. The molecule has 0 aromatic heterocycles. The van der Waals surface area contributed by atoms with Crippen LogP contribution in [0.15, 0.2) is 48.5 Å². The minimum atomic E-state index is -0.434. The molecule has 0 fully saturated rings. The number of hydrogen-bond acceptors (Lipinski definition) is 3. The Hall–Kier alpha value is -2.89. The third kappa shape index (κ3) is 5.58. The third-order valence-corrected chi connectivity index (χ3v) is 3.85. The monoisotopic (exact) mass is 357 g/mol. The van der Waals surface area contributed by atoms with Crippen LogP contribution in [0.2, 0.25) is 0 Å². The first-order valence-corrected chi connectivity index (χ1v) is 8.63. The van der Waals surface area contributed by atoms with Crippen molar-refractivity contribution in [2.45, 2.75) is 33.2 Å². The number of anilines is 3.